The summed E-state index contributed by atoms with van der Waals surface area (Å²) in [7, 11) is 0. The number of carbonyl (C=O) groups excluding carboxylic acids is 2. The number of anilines is 1. The monoisotopic (exact) mass is 404 g/mol. The van der Waals surface area contributed by atoms with Gasteiger partial charge < -0.3 is 15.2 Å². The topological polar surface area (TPSA) is 69.2 Å². The van der Waals surface area contributed by atoms with Crippen molar-refractivity contribution in [2.24, 2.45) is 34.5 Å². The van der Waals surface area contributed by atoms with Crippen LogP contribution in [0.15, 0.2) is 48.2 Å². The summed E-state index contributed by atoms with van der Waals surface area (Å²) in [6, 6.07) is 7.49. The standard InChI is InChI=1S/C26H31NO3/c1-25-13-6-5-7-16(25)10-11-17-19(25)12-14-26(2,24(29)30)20(17)15-22-23(28)18-8-3-4-9-21(18)27-22/h3-6,8-9,15-17,19-20,27H,7,10-14H2,1-2H3,(H,29,30)/p-1/b22-15+/t16-,17-,19+,20+,25+,26+/m1/s1. The smallest absolute Gasteiger partial charge is 0.210 e. The van der Waals surface area contributed by atoms with E-state index in [1.165, 1.54) is 0 Å². The molecule has 4 aliphatic rings. The SMILES string of the molecule is C[C@]12CC=CC[C@@H]1CC[C@@H]1[C@@H]2CC[C@](C)(C(=O)[O-])[C@H]1/C=C1/Nc2ccccc2C1=O. The first-order valence-electron chi connectivity index (χ1n) is 11.3. The Bertz CT molecular complexity index is 963. The van der Waals surface area contributed by atoms with E-state index in [0.29, 0.717) is 29.5 Å². The van der Waals surface area contributed by atoms with Crippen molar-refractivity contribution < 1.29 is 14.7 Å². The van der Waals surface area contributed by atoms with E-state index in [0.717, 1.165) is 37.8 Å². The summed E-state index contributed by atoms with van der Waals surface area (Å²) in [5.41, 5.74) is 1.28. The molecule has 2 saturated carbocycles. The summed E-state index contributed by atoms with van der Waals surface area (Å²) in [6.07, 6.45) is 12.5. The van der Waals surface area contributed by atoms with Crippen molar-refractivity contribution in [3.63, 3.8) is 0 Å². The number of carboxylic acid groups (broad SMARTS) is 1. The van der Waals surface area contributed by atoms with Gasteiger partial charge >= 0.3 is 0 Å². The molecule has 3 aliphatic carbocycles. The fraction of sp³-hybridized carbons (Fsp3) is 0.538. The van der Waals surface area contributed by atoms with Gasteiger partial charge in [0.15, 0.2) is 0 Å². The van der Waals surface area contributed by atoms with Crippen molar-refractivity contribution >= 4 is 17.4 Å². The molecule has 158 valence electrons. The molecule has 0 bridgehead atoms. The zero-order valence-electron chi connectivity index (χ0n) is 17.8. The van der Waals surface area contributed by atoms with Crippen LogP contribution in [0.4, 0.5) is 5.69 Å². The highest BCUT2D eigenvalue weighted by atomic mass is 16.4. The molecular formula is C26H30NO3-. The highest BCUT2D eigenvalue weighted by molar-refractivity contribution is 6.18. The van der Waals surface area contributed by atoms with E-state index in [1.807, 2.05) is 37.3 Å². The van der Waals surface area contributed by atoms with Crippen molar-refractivity contribution in [3.8, 4) is 0 Å². The van der Waals surface area contributed by atoms with E-state index in [1.54, 1.807) is 0 Å². The Morgan fingerprint density at radius 2 is 1.97 bits per heavy atom. The van der Waals surface area contributed by atoms with E-state index in [-0.39, 0.29) is 23.0 Å². The van der Waals surface area contributed by atoms with Gasteiger partial charge in [-0.15, -0.1) is 0 Å². The summed E-state index contributed by atoms with van der Waals surface area (Å²) in [6.45, 7) is 4.25. The highest BCUT2D eigenvalue weighted by Crippen LogP contribution is 2.62. The molecule has 2 fully saturated rings. The van der Waals surface area contributed by atoms with Gasteiger partial charge in [0.2, 0.25) is 5.78 Å². The summed E-state index contributed by atoms with van der Waals surface area (Å²) in [5, 5.41) is 15.6. The van der Waals surface area contributed by atoms with Crippen molar-refractivity contribution in [1.82, 2.24) is 0 Å². The predicted octanol–water partition coefficient (Wildman–Crippen LogP) is 4.34. The Balaban J connectivity index is 1.55. The lowest BCUT2D eigenvalue weighted by atomic mass is 9.45. The molecule has 30 heavy (non-hydrogen) atoms. The first-order chi connectivity index (χ1) is 14.3. The van der Waals surface area contributed by atoms with E-state index >= 15 is 0 Å². The minimum Gasteiger partial charge on any atom is -0.550 e. The van der Waals surface area contributed by atoms with Crippen LogP contribution >= 0.6 is 0 Å². The fourth-order valence-corrected chi connectivity index (χ4v) is 7.07. The molecule has 0 amide bonds. The van der Waals surface area contributed by atoms with E-state index in [2.05, 4.69) is 24.4 Å². The number of hydrogen-bond acceptors (Lipinski definition) is 4. The minimum atomic E-state index is -0.985. The van der Waals surface area contributed by atoms with E-state index in [9.17, 15) is 14.7 Å². The van der Waals surface area contributed by atoms with Crippen molar-refractivity contribution in [2.75, 3.05) is 5.32 Å². The van der Waals surface area contributed by atoms with Gasteiger partial charge in [-0.25, -0.2) is 0 Å². The maximum absolute atomic E-state index is 13.0. The number of benzene rings is 1. The Morgan fingerprint density at radius 1 is 1.17 bits per heavy atom. The van der Waals surface area contributed by atoms with Crippen LogP contribution in [0, 0.1) is 34.5 Å². The van der Waals surface area contributed by atoms with Gasteiger partial charge in [-0.1, -0.05) is 44.2 Å². The molecule has 0 aromatic heterocycles. The number of allylic oxidation sites excluding steroid dienone is 4. The fourth-order valence-electron chi connectivity index (χ4n) is 7.07. The number of carboxylic acids is 1. The zero-order chi connectivity index (χ0) is 21.1. The van der Waals surface area contributed by atoms with Crippen LogP contribution in [0.2, 0.25) is 0 Å². The van der Waals surface area contributed by atoms with Crippen molar-refractivity contribution in [1.29, 1.82) is 0 Å². The van der Waals surface area contributed by atoms with Crippen LogP contribution in [0.3, 0.4) is 0 Å². The maximum Gasteiger partial charge on any atom is 0.210 e. The molecule has 0 saturated heterocycles. The largest absolute Gasteiger partial charge is 0.550 e. The number of nitrogens with one attached hydrogen (secondary N) is 1. The lowest BCUT2D eigenvalue weighted by Crippen LogP contribution is -2.56. The molecule has 6 atom stereocenters. The predicted molar refractivity (Wildman–Crippen MR) is 115 cm³/mol. The third-order valence-corrected chi connectivity index (χ3v) is 8.96. The third kappa shape index (κ3) is 2.72. The molecular weight excluding hydrogens is 374 g/mol. The van der Waals surface area contributed by atoms with Gasteiger partial charge in [0.05, 0.1) is 5.70 Å². The maximum atomic E-state index is 13.0. The van der Waals surface area contributed by atoms with E-state index < -0.39 is 11.4 Å². The molecule has 4 heteroatoms. The lowest BCUT2D eigenvalue weighted by Gasteiger charge is -2.60. The van der Waals surface area contributed by atoms with Gasteiger partial charge in [-0.3, -0.25) is 4.79 Å². The molecule has 1 heterocycles. The van der Waals surface area contributed by atoms with Gasteiger partial charge in [0, 0.05) is 22.6 Å². The number of Topliss-reactive ketones (excluding diaryl/α,β-unsaturated/α-hetero) is 1. The number of para-hydroxylation sites is 1. The second-order valence-electron chi connectivity index (χ2n) is 10.3. The molecule has 4 nitrogen and oxygen atoms in total. The Morgan fingerprint density at radius 3 is 2.73 bits per heavy atom. The zero-order valence-corrected chi connectivity index (χ0v) is 17.8. The van der Waals surface area contributed by atoms with Crippen LogP contribution in [0.5, 0.6) is 0 Å². The number of fused-ring (bicyclic) bond motifs is 4. The quantitative estimate of drug-likeness (QED) is 0.588. The van der Waals surface area contributed by atoms with Gasteiger partial charge in [-0.2, -0.15) is 0 Å². The number of rotatable bonds is 2. The molecule has 0 spiro atoms. The molecule has 1 aromatic rings. The molecule has 0 radical (unpaired) electrons. The highest BCUT2D eigenvalue weighted by Gasteiger charge is 2.56. The Labute approximate surface area is 178 Å². The van der Waals surface area contributed by atoms with Crippen LogP contribution in [0.1, 0.15) is 62.7 Å². The second-order valence-corrected chi connectivity index (χ2v) is 10.3. The first-order valence-corrected chi connectivity index (χ1v) is 11.3. The van der Waals surface area contributed by atoms with Gasteiger partial charge in [-0.05, 0) is 79.7 Å². The van der Waals surface area contributed by atoms with Gasteiger partial charge in [0.25, 0.3) is 0 Å². The lowest BCUT2D eigenvalue weighted by molar-refractivity contribution is -0.324. The summed E-state index contributed by atoms with van der Waals surface area (Å²) in [5.74, 6) is 0.204. The third-order valence-electron chi connectivity index (χ3n) is 8.96. The van der Waals surface area contributed by atoms with Crippen LogP contribution < -0.4 is 10.4 Å². The second kappa shape index (κ2) is 6.83. The summed E-state index contributed by atoms with van der Waals surface area (Å²) in [4.78, 5) is 25.3. The van der Waals surface area contributed by atoms with Crippen LogP contribution in [-0.2, 0) is 4.79 Å². The number of aliphatic carboxylic acids is 1. The Kier molecular flexibility index (Phi) is 4.46. The number of hydrogen-bond donors (Lipinski definition) is 1. The minimum absolute atomic E-state index is 0.0334. The first kappa shape index (κ1) is 19.6. The normalized spacial score (nSPS) is 41.0. The Hall–Kier alpha value is -2.36. The van der Waals surface area contributed by atoms with Gasteiger partial charge in [0.1, 0.15) is 0 Å². The number of ketones is 1. The van der Waals surface area contributed by atoms with Crippen molar-refractivity contribution in [2.45, 2.75) is 52.4 Å². The average molecular weight is 405 g/mol. The summed E-state index contributed by atoms with van der Waals surface area (Å²) >= 11 is 0. The molecule has 0 unspecified atom stereocenters. The van der Waals surface area contributed by atoms with Crippen LogP contribution in [-0.4, -0.2) is 11.8 Å². The average Bonchev–Trinajstić information content (AvgIpc) is 3.05. The molecule has 1 aromatic carbocycles. The van der Waals surface area contributed by atoms with Crippen molar-refractivity contribution in [3.05, 3.63) is 53.8 Å². The number of carbonyl (C=O) groups is 2. The molecule has 1 N–H and O–H groups in total. The molecule has 5 rings (SSSR count). The summed E-state index contributed by atoms with van der Waals surface area (Å²) < 4.78 is 0. The molecule has 1 aliphatic heterocycles. The van der Waals surface area contributed by atoms with E-state index in [4.69, 9.17) is 0 Å². The van der Waals surface area contributed by atoms with Crippen LogP contribution in [0.25, 0.3) is 0 Å².